The van der Waals surface area contributed by atoms with E-state index in [0.717, 1.165) is 60.3 Å². The Balaban J connectivity index is 1.30. The van der Waals surface area contributed by atoms with Crippen molar-refractivity contribution in [1.29, 1.82) is 0 Å². The number of aromatic nitrogens is 4. The number of hydrogen-bond donors (Lipinski definition) is 0. The number of fused-ring (bicyclic) bond motifs is 3. The number of rotatable bonds is 3. The number of benzene rings is 1. The van der Waals surface area contributed by atoms with Crippen molar-refractivity contribution in [2.24, 2.45) is 0 Å². The van der Waals surface area contributed by atoms with Crippen molar-refractivity contribution in [2.75, 3.05) is 18.0 Å². The SMILES string of the molecule is Cc1cc(C)nc(N2CCC(c3nnc4n3-c3ccc(Cl)cc3CN(C3(C)CC(F)(F)C3)C4)CC2)c1. The number of aryl methyl sites for hydroxylation is 2. The smallest absolute Gasteiger partial charge is 0.251 e. The summed E-state index contributed by atoms with van der Waals surface area (Å²) < 4.78 is 30.0. The van der Waals surface area contributed by atoms with Gasteiger partial charge in [0, 0.05) is 54.6 Å². The quantitative estimate of drug-likeness (QED) is 0.442. The molecule has 3 aliphatic rings. The van der Waals surface area contributed by atoms with E-state index in [9.17, 15) is 8.78 Å². The molecule has 36 heavy (non-hydrogen) atoms. The highest BCUT2D eigenvalue weighted by Crippen LogP contribution is 2.50. The van der Waals surface area contributed by atoms with Gasteiger partial charge < -0.3 is 4.90 Å². The van der Waals surface area contributed by atoms with E-state index in [-0.39, 0.29) is 18.8 Å². The van der Waals surface area contributed by atoms with Crippen LogP contribution < -0.4 is 4.90 Å². The first kappa shape index (κ1) is 23.8. The van der Waals surface area contributed by atoms with Gasteiger partial charge in [0.05, 0.1) is 12.2 Å². The number of nitrogens with zero attached hydrogens (tertiary/aromatic N) is 6. The summed E-state index contributed by atoms with van der Waals surface area (Å²) in [7, 11) is 0. The Morgan fingerprint density at radius 1 is 1.00 bits per heavy atom. The zero-order valence-corrected chi connectivity index (χ0v) is 21.7. The normalized spacial score (nSPS) is 21.4. The van der Waals surface area contributed by atoms with Crippen LogP contribution in [0.1, 0.15) is 67.0 Å². The third kappa shape index (κ3) is 4.18. The van der Waals surface area contributed by atoms with Crippen LogP contribution in [0.4, 0.5) is 14.6 Å². The molecule has 0 amide bonds. The second kappa shape index (κ2) is 8.48. The molecule has 0 N–H and O–H groups in total. The molecule has 2 fully saturated rings. The number of anilines is 1. The zero-order valence-electron chi connectivity index (χ0n) is 20.9. The summed E-state index contributed by atoms with van der Waals surface area (Å²) in [6.45, 7) is 8.91. The molecule has 6 rings (SSSR count). The highest BCUT2D eigenvalue weighted by Gasteiger charge is 2.57. The highest BCUT2D eigenvalue weighted by atomic mass is 35.5. The van der Waals surface area contributed by atoms with Gasteiger partial charge in [-0.2, -0.15) is 0 Å². The van der Waals surface area contributed by atoms with Gasteiger partial charge in [0.2, 0.25) is 0 Å². The monoisotopic (exact) mass is 512 g/mol. The largest absolute Gasteiger partial charge is 0.357 e. The van der Waals surface area contributed by atoms with Crippen molar-refractivity contribution >= 4 is 17.4 Å². The molecule has 9 heteroatoms. The highest BCUT2D eigenvalue weighted by molar-refractivity contribution is 6.30. The average Bonchev–Trinajstić information content (AvgIpc) is 3.13. The lowest BCUT2D eigenvalue weighted by Crippen LogP contribution is -2.59. The van der Waals surface area contributed by atoms with Gasteiger partial charge in [0.15, 0.2) is 5.82 Å². The van der Waals surface area contributed by atoms with Crippen molar-refractivity contribution < 1.29 is 8.78 Å². The third-order valence-electron chi connectivity index (χ3n) is 8.04. The van der Waals surface area contributed by atoms with E-state index in [4.69, 9.17) is 16.6 Å². The summed E-state index contributed by atoms with van der Waals surface area (Å²) in [6, 6.07) is 10.1. The van der Waals surface area contributed by atoms with E-state index in [0.29, 0.717) is 18.1 Å². The van der Waals surface area contributed by atoms with E-state index >= 15 is 0 Å². The molecule has 2 aliphatic heterocycles. The van der Waals surface area contributed by atoms with Crippen molar-refractivity contribution in [3.05, 3.63) is 63.8 Å². The standard InChI is InChI=1S/C27H31ClF2N6/c1-17-10-18(2)31-23(11-17)34-8-6-19(7-9-34)25-33-32-24-14-35(26(3)15-27(29,30)16-26)13-20-12-21(28)4-5-22(20)36(24)25/h4-5,10-12,19H,6-9,13-16H2,1-3H3. The van der Waals surface area contributed by atoms with Gasteiger partial charge in [0.25, 0.3) is 5.92 Å². The zero-order chi connectivity index (χ0) is 25.2. The van der Waals surface area contributed by atoms with Crippen LogP contribution in [0.5, 0.6) is 0 Å². The van der Waals surface area contributed by atoms with Crippen molar-refractivity contribution in [2.45, 2.75) is 76.9 Å². The van der Waals surface area contributed by atoms with Crippen LogP contribution in [0.3, 0.4) is 0 Å². The lowest BCUT2D eigenvalue weighted by Gasteiger charge is -2.51. The molecule has 1 saturated carbocycles. The van der Waals surface area contributed by atoms with Crippen LogP contribution in [0.25, 0.3) is 5.69 Å². The maximum atomic E-state index is 13.9. The van der Waals surface area contributed by atoms with Gasteiger partial charge in [-0.15, -0.1) is 10.2 Å². The first-order valence-corrected chi connectivity index (χ1v) is 13.0. The van der Waals surface area contributed by atoms with E-state index in [2.05, 4.69) is 43.6 Å². The Morgan fingerprint density at radius 3 is 2.44 bits per heavy atom. The Bertz CT molecular complexity index is 1290. The first-order chi connectivity index (χ1) is 17.1. The minimum Gasteiger partial charge on any atom is -0.357 e. The summed E-state index contributed by atoms with van der Waals surface area (Å²) in [6.07, 6.45) is 1.62. The molecule has 1 aromatic carbocycles. The Labute approximate surface area is 215 Å². The van der Waals surface area contributed by atoms with Crippen LogP contribution >= 0.6 is 11.6 Å². The van der Waals surface area contributed by atoms with Gasteiger partial charge in [0.1, 0.15) is 11.6 Å². The molecule has 1 aliphatic carbocycles. The van der Waals surface area contributed by atoms with Crippen LogP contribution in [-0.2, 0) is 13.1 Å². The lowest BCUT2D eigenvalue weighted by atomic mass is 9.73. The van der Waals surface area contributed by atoms with Gasteiger partial charge >= 0.3 is 0 Å². The Hall–Kier alpha value is -2.58. The molecule has 1 saturated heterocycles. The van der Waals surface area contributed by atoms with E-state index in [1.165, 1.54) is 5.56 Å². The lowest BCUT2D eigenvalue weighted by molar-refractivity contribution is -0.173. The Kier molecular flexibility index (Phi) is 5.61. The molecule has 3 aromatic rings. The fourth-order valence-corrected chi connectivity index (χ4v) is 6.50. The molecule has 0 bridgehead atoms. The fourth-order valence-electron chi connectivity index (χ4n) is 6.31. The van der Waals surface area contributed by atoms with Gasteiger partial charge in [-0.3, -0.25) is 9.47 Å². The Morgan fingerprint density at radius 2 is 1.75 bits per heavy atom. The molecule has 2 aromatic heterocycles. The van der Waals surface area contributed by atoms with Crippen LogP contribution in [0.2, 0.25) is 5.02 Å². The van der Waals surface area contributed by atoms with Gasteiger partial charge in [-0.25, -0.2) is 13.8 Å². The maximum Gasteiger partial charge on any atom is 0.251 e. The molecule has 0 spiro atoms. The predicted octanol–water partition coefficient (Wildman–Crippen LogP) is 5.82. The van der Waals surface area contributed by atoms with Crippen LogP contribution in [-0.4, -0.2) is 49.2 Å². The molecular formula is C27H31ClF2N6. The predicted molar refractivity (Wildman–Crippen MR) is 136 cm³/mol. The molecule has 6 nitrogen and oxygen atoms in total. The number of hydrogen-bond acceptors (Lipinski definition) is 5. The second-order valence-corrected chi connectivity index (χ2v) is 11.5. The summed E-state index contributed by atoms with van der Waals surface area (Å²) in [5.74, 6) is 0.447. The van der Waals surface area contributed by atoms with E-state index < -0.39 is 11.5 Å². The summed E-state index contributed by atoms with van der Waals surface area (Å²) in [4.78, 5) is 9.22. The second-order valence-electron chi connectivity index (χ2n) is 11.1. The van der Waals surface area contributed by atoms with Gasteiger partial charge in [-0.05, 0) is 75.1 Å². The van der Waals surface area contributed by atoms with Crippen LogP contribution in [0, 0.1) is 13.8 Å². The van der Waals surface area contributed by atoms with Crippen molar-refractivity contribution in [3.63, 3.8) is 0 Å². The third-order valence-corrected chi connectivity index (χ3v) is 8.28. The minimum absolute atomic E-state index is 0.137. The van der Waals surface area contributed by atoms with Crippen molar-refractivity contribution in [3.8, 4) is 5.69 Å². The molecule has 0 radical (unpaired) electrons. The summed E-state index contributed by atoms with van der Waals surface area (Å²) in [5.41, 5.74) is 3.71. The van der Waals surface area contributed by atoms with Crippen LogP contribution in [0.15, 0.2) is 30.3 Å². The number of pyridine rings is 1. The summed E-state index contributed by atoms with van der Waals surface area (Å²) >= 11 is 6.38. The number of halogens is 3. The molecular weight excluding hydrogens is 482 g/mol. The van der Waals surface area contributed by atoms with Gasteiger partial charge in [-0.1, -0.05) is 11.6 Å². The topological polar surface area (TPSA) is 50.1 Å². The fraction of sp³-hybridized carbons (Fsp3) is 0.519. The maximum absolute atomic E-state index is 13.9. The molecule has 0 atom stereocenters. The van der Waals surface area contributed by atoms with E-state index in [1.54, 1.807) is 0 Å². The average molecular weight is 513 g/mol. The summed E-state index contributed by atoms with van der Waals surface area (Å²) in [5, 5.41) is 9.91. The number of alkyl halides is 2. The first-order valence-electron chi connectivity index (χ1n) is 12.7. The van der Waals surface area contributed by atoms with E-state index in [1.807, 2.05) is 32.0 Å². The molecule has 0 unspecified atom stereocenters. The molecule has 4 heterocycles. The van der Waals surface area contributed by atoms with Crippen molar-refractivity contribution in [1.82, 2.24) is 24.6 Å². The number of piperidine rings is 1. The molecule has 190 valence electrons. The minimum atomic E-state index is -2.60.